The third-order valence-electron chi connectivity index (χ3n) is 3.13. The first-order valence-corrected chi connectivity index (χ1v) is 5.59. The molecule has 0 aromatic heterocycles. The normalized spacial score (nSPS) is 29.8. The molecule has 2 unspecified atom stereocenters. The Kier molecular flexibility index (Phi) is 3.93. The summed E-state index contributed by atoms with van der Waals surface area (Å²) in [6.07, 6.45) is 2.05. The molecule has 1 aliphatic heterocycles. The van der Waals surface area contributed by atoms with Gasteiger partial charge in [0.25, 0.3) is 0 Å². The Labute approximate surface area is 87.3 Å². The van der Waals surface area contributed by atoms with Crippen LogP contribution in [0.1, 0.15) is 33.6 Å². The van der Waals surface area contributed by atoms with Crippen molar-refractivity contribution in [3.8, 4) is 0 Å². The molecule has 0 bridgehead atoms. The van der Waals surface area contributed by atoms with Gasteiger partial charge in [-0.25, -0.2) is 0 Å². The van der Waals surface area contributed by atoms with Gasteiger partial charge in [0.2, 0.25) is 0 Å². The molecule has 3 heteroatoms. The zero-order valence-electron chi connectivity index (χ0n) is 9.66. The third-order valence-corrected chi connectivity index (χ3v) is 3.13. The number of nitrogens with zero attached hydrogens (tertiary/aromatic N) is 1. The third kappa shape index (κ3) is 3.56. The van der Waals surface area contributed by atoms with Gasteiger partial charge in [0.05, 0.1) is 5.60 Å². The highest BCUT2D eigenvalue weighted by atomic mass is 16.3. The first kappa shape index (κ1) is 12.0. The van der Waals surface area contributed by atoms with Crippen molar-refractivity contribution >= 4 is 0 Å². The summed E-state index contributed by atoms with van der Waals surface area (Å²) in [7, 11) is 0. The van der Waals surface area contributed by atoms with Crippen LogP contribution in [0.4, 0.5) is 0 Å². The van der Waals surface area contributed by atoms with E-state index >= 15 is 0 Å². The maximum atomic E-state index is 9.64. The van der Waals surface area contributed by atoms with E-state index in [9.17, 15) is 5.11 Å². The first-order valence-electron chi connectivity index (χ1n) is 5.59. The minimum atomic E-state index is -0.541. The molecule has 84 valence electrons. The maximum absolute atomic E-state index is 9.64. The van der Waals surface area contributed by atoms with Gasteiger partial charge in [0.1, 0.15) is 0 Å². The van der Waals surface area contributed by atoms with E-state index in [-0.39, 0.29) is 0 Å². The highest BCUT2D eigenvalue weighted by Gasteiger charge is 2.28. The van der Waals surface area contributed by atoms with Crippen molar-refractivity contribution in [1.29, 1.82) is 0 Å². The van der Waals surface area contributed by atoms with Crippen molar-refractivity contribution in [2.45, 2.75) is 45.3 Å². The predicted molar refractivity (Wildman–Crippen MR) is 59.1 cm³/mol. The number of hydrogen-bond acceptors (Lipinski definition) is 3. The minimum Gasteiger partial charge on any atom is -0.390 e. The van der Waals surface area contributed by atoms with Crippen LogP contribution in [0.15, 0.2) is 0 Å². The number of hydrogen-bond donors (Lipinski definition) is 2. The lowest BCUT2D eigenvalue weighted by Gasteiger charge is -2.25. The molecule has 1 heterocycles. The van der Waals surface area contributed by atoms with E-state index < -0.39 is 5.60 Å². The van der Waals surface area contributed by atoms with E-state index in [1.807, 2.05) is 13.8 Å². The quantitative estimate of drug-likeness (QED) is 0.706. The van der Waals surface area contributed by atoms with E-state index in [0.717, 1.165) is 26.1 Å². The summed E-state index contributed by atoms with van der Waals surface area (Å²) in [6.45, 7) is 8.88. The molecular formula is C11H24N2O. The number of aliphatic hydroxyl groups is 1. The Morgan fingerprint density at radius 2 is 2.14 bits per heavy atom. The topological polar surface area (TPSA) is 49.5 Å². The molecule has 2 atom stereocenters. The second-order valence-corrected chi connectivity index (χ2v) is 5.24. The van der Waals surface area contributed by atoms with Gasteiger partial charge < -0.3 is 15.7 Å². The monoisotopic (exact) mass is 200 g/mol. The molecule has 0 aliphatic carbocycles. The fraction of sp³-hybridized carbons (Fsp3) is 1.00. The van der Waals surface area contributed by atoms with E-state index in [1.54, 1.807) is 0 Å². The van der Waals surface area contributed by atoms with Crippen molar-refractivity contribution in [3.63, 3.8) is 0 Å². The van der Waals surface area contributed by atoms with Gasteiger partial charge in [-0.1, -0.05) is 0 Å². The zero-order chi connectivity index (χ0) is 10.8. The van der Waals surface area contributed by atoms with Gasteiger partial charge in [-0.2, -0.15) is 0 Å². The minimum absolute atomic E-state index is 0.541. The molecule has 1 saturated heterocycles. The SMILES string of the molecule is CC1CC(CN)CN1CCC(C)(C)O. The van der Waals surface area contributed by atoms with E-state index in [0.29, 0.717) is 12.0 Å². The number of likely N-dealkylation sites (tertiary alicyclic amines) is 1. The van der Waals surface area contributed by atoms with Crippen molar-refractivity contribution in [3.05, 3.63) is 0 Å². The summed E-state index contributed by atoms with van der Waals surface area (Å²) in [4.78, 5) is 2.44. The summed E-state index contributed by atoms with van der Waals surface area (Å²) >= 11 is 0. The Morgan fingerprint density at radius 3 is 2.57 bits per heavy atom. The molecule has 14 heavy (non-hydrogen) atoms. The summed E-state index contributed by atoms with van der Waals surface area (Å²) < 4.78 is 0. The Balaban J connectivity index is 2.32. The number of rotatable bonds is 4. The highest BCUT2D eigenvalue weighted by molar-refractivity contribution is 4.83. The summed E-state index contributed by atoms with van der Waals surface area (Å²) in [5, 5.41) is 9.64. The predicted octanol–water partition coefficient (Wildman–Crippen LogP) is 0.816. The van der Waals surface area contributed by atoms with E-state index in [1.165, 1.54) is 6.42 Å². The van der Waals surface area contributed by atoms with Crippen LogP contribution in [0.3, 0.4) is 0 Å². The highest BCUT2D eigenvalue weighted by Crippen LogP contribution is 2.23. The molecule has 0 amide bonds. The summed E-state index contributed by atoms with van der Waals surface area (Å²) in [5.41, 5.74) is 5.12. The molecule has 1 fully saturated rings. The average Bonchev–Trinajstić information content (AvgIpc) is 2.42. The molecule has 3 nitrogen and oxygen atoms in total. The lowest BCUT2D eigenvalue weighted by molar-refractivity contribution is 0.0565. The fourth-order valence-corrected chi connectivity index (χ4v) is 2.12. The van der Waals surface area contributed by atoms with Gasteiger partial charge in [-0.15, -0.1) is 0 Å². The standard InChI is InChI=1S/C11H24N2O/c1-9-6-10(7-12)8-13(9)5-4-11(2,3)14/h9-10,14H,4-8,12H2,1-3H3. The van der Waals surface area contributed by atoms with Crippen LogP contribution in [0.2, 0.25) is 0 Å². The van der Waals surface area contributed by atoms with Gasteiger partial charge >= 0.3 is 0 Å². The smallest absolute Gasteiger partial charge is 0.0603 e. The van der Waals surface area contributed by atoms with Crippen LogP contribution < -0.4 is 5.73 Å². The van der Waals surface area contributed by atoms with Crippen LogP contribution in [0.25, 0.3) is 0 Å². The largest absolute Gasteiger partial charge is 0.390 e. The first-order chi connectivity index (χ1) is 6.42. The van der Waals surface area contributed by atoms with Crippen LogP contribution >= 0.6 is 0 Å². The van der Waals surface area contributed by atoms with Crippen LogP contribution in [0, 0.1) is 5.92 Å². The van der Waals surface area contributed by atoms with Crippen molar-refractivity contribution in [2.75, 3.05) is 19.6 Å². The van der Waals surface area contributed by atoms with E-state index in [4.69, 9.17) is 5.73 Å². The molecule has 0 saturated carbocycles. The molecule has 3 N–H and O–H groups in total. The fourth-order valence-electron chi connectivity index (χ4n) is 2.12. The second-order valence-electron chi connectivity index (χ2n) is 5.24. The lowest BCUT2D eigenvalue weighted by Crippen LogP contribution is -2.33. The number of nitrogens with two attached hydrogens (primary N) is 1. The average molecular weight is 200 g/mol. The van der Waals surface area contributed by atoms with Crippen molar-refractivity contribution in [2.24, 2.45) is 11.7 Å². The van der Waals surface area contributed by atoms with Gasteiger partial charge in [0, 0.05) is 19.1 Å². The maximum Gasteiger partial charge on any atom is 0.0603 e. The van der Waals surface area contributed by atoms with Gasteiger partial charge in [-0.3, -0.25) is 0 Å². The molecule has 0 aromatic carbocycles. The van der Waals surface area contributed by atoms with Gasteiger partial charge in [-0.05, 0) is 46.1 Å². The van der Waals surface area contributed by atoms with Crippen LogP contribution in [-0.4, -0.2) is 41.3 Å². The molecule has 1 aliphatic rings. The van der Waals surface area contributed by atoms with Crippen molar-refractivity contribution < 1.29 is 5.11 Å². The Hall–Kier alpha value is -0.120. The Morgan fingerprint density at radius 1 is 1.50 bits per heavy atom. The van der Waals surface area contributed by atoms with Gasteiger partial charge in [0.15, 0.2) is 0 Å². The Bertz CT molecular complexity index is 177. The summed E-state index contributed by atoms with van der Waals surface area (Å²) in [5.74, 6) is 0.659. The molecule has 0 aromatic rings. The lowest BCUT2D eigenvalue weighted by atomic mass is 10.1. The molecule has 0 radical (unpaired) electrons. The second kappa shape index (κ2) is 4.60. The van der Waals surface area contributed by atoms with Crippen molar-refractivity contribution in [1.82, 2.24) is 4.90 Å². The molecular weight excluding hydrogens is 176 g/mol. The molecule has 1 rings (SSSR count). The molecule has 0 spiro atoms. The summed E-state index contributed by atoms with van der Waals surface area (Å²) in [6, 6.07) is 0.630. The van der Waals surface area contributed by atoms with E-state index in [2.05, 4.69) is 11.8 Å². The van der Waals surface area contributed by atoms with Crippen LogP contribution in [-0.2, 0) is 0 Å². The van der Waals surface area contributed by atoms with Crippen LogP contribution in [0.5, 0.6) is 0 Å². The zero-order valence-corrected chi connectivity index (χ0v) is 9.66.